The second-order valence-electron chi connectivity index (χ2n) is 2.83. The fourth-order valence-electron chi connectivity index (χ4n) is 0.906. The normalized spacial score (nSPS) is 12.8. The van der Waals surface area contributed by atoms with E-state index >= 15 is 0 Å². The first-order chi connectivity index (χ1) is 5.39. The molecule has 0 spiro atoms. The maximum Gasteiger partial charge on any atom is 0.277 e. The molecule has 0 saturated carbocycles. The van der Waals surface area contributed by atoms with Crippen LogP contribution in [-0.2, 0) is 10.2 Å². The molecule has 6 heteroatoms. The van der Waals surface area contributed by atoms with Gasteiger partial charge in [-0.05, 0) is 20.3 Å². The Labute approximate surface area is 73.4 Å². The summed E-state index contributed by atoms with van der Waals surface area (Å²) in [7, 11) is -3.61. The van der Waals surface area contributed by atoms with Gasteiger partial charge in [-0.1, -0.05) is 0 Å². The van der Waals surface area contributed by atoms with Crippen LogP contribution >= 0.6 is 0 Å². The molecule has 3 N–H and O–H groups in total. The lowest BCUT2D eigenvalue weighted by Gasteiger charge is -2.22. The average Bonchev–Trinajstić information content (AvgIpc) is 1.84. The highest BCUT2D eigenvalue weighted by molar-refractivity contribution is 7.86. The quantitative estimate of drug-likeness (QED) is 0.609. The zero-order chi connectivity index (χ0) is 9.78. The van der Waals surface area contributed by atoms with Gasteiger partial charge < -0.3 is 5.11 Å². The molecule has 0 heterocycles. The smallest absolute Gasteiger partial charge is 0.277 e. The average molecular weight is 196 g/mol. The van der Waals surface area contributed by atoms with Gasteiger partial charge in [0.25, 0.3) is 10.2 Å². The standard InChI is InChI=1S/C6H16N2O3S/c1-6(2)8(4-3-5-9)12(7,10)11/h6,9H,3-5H2,1-2H3,(H2,7,10,11). The van der Waals surface area contributed by atoms with Gasteiger partial charge in [0.1, 0.15) is 0 Å². The largest absolute Gasteiger partial charge is 0.396 e. The van der Waals surface area contributed by atoms with Crippen LogP contribution in [0.15, 0.2) is 0 Å². The van der Waals surface area contributed by atoms with Crippen molar-refractivity contribution in [3.05, 3.63) is 0 Å². The van der Waals surface area contributed by atoms with Crippen molar-refractivity contribution in [3.63, 3.8) is 0 Å². The molecule has 74 valence electrons. The van der Waals surface area contributed by atoms with E-state index in [0.29, 0.717) is 6.42 Å². The van der Waals surface area contributed by atoms with Crippen molar-refractivity contribution < 1.29 is 13.5 Å². The Kier molecular flexibility index (Phi) is 4.69. The number of aliphatic hydroxyl groups is 1. The molecule has 0 aliphatic carbocycles. The summed E-state index contributed by atoms with van der Waals surface area (Å²) in [5.74, 6) is 0. The lowest BCUT2D eigenvalue weighted by atomic mass is 10.3. The number of aliphatic hydroxyl groups excluding tert-OH is 1. The maximum atomic E-state index is 10.9. The molecule has 0 aromatic rings. The SMILES string of the molecule is CC(C)N(CCCO)S(N)(=O)=O. The summed E-state index contributed by atoms with van der Waals surface area (Å²) in [5, 5.41) is 13.4. The molecule has 0 aromatic carbocycles. The third-order valence-corrected chi connectivity index (χ3v) is 2.70. The predicted octanol–water partition coefficient (Wildman–Crippen LogP) is -0.717. The number of nitrogens with two attached hydrogens (primary N) is 1. The first-order valence-electron chi connectivity index (χ1n) is 3.80. The topological polar surface area (TPSA) is 83.6 Å². The lowest BCUT2D eigenvalue weighted by molar-refractivity contribution is 0.258. The van der Waals surface area contributed by atoms with Crippen molar-refractivity contribution in [1.29, 1.82) is 0 Å². The Hall–Kier alpha value is -0.170. The van der Waals surface area contributed by atoms with Crippen LogP contribution in [0.4, 0.5) is 0 Å². The van der Waals surface area contributed by atoms with Crippen LogP contribution in [0.25, 0.3) is 0 Å². The van der Waals surface area contributed by atoms with E-state index in [0.717, 1.165) is 4.31 Å². The Balaban J connectivity index is 4.26. The monoisotopic (exact) mass is 196 g/mol. The van der Waals surface area contributed by atoms with Crippen molar-refractivity contribution in [2.45, 2.75) is 26.3 Å². The molecular formula is C6H16N2O3S. The minimum absolute atomic E-state index is 0.0290. The van der Waals surface area contributed by atoms with E-state index in [4.69, 9.17) is 10.2 Å². The zero-order valence-corrected chi connectivity index (χ0v) is 8.21. The molecule has 0 bridgehead atoms. The third-order valence-electron chi connectivity index (χ3n) is 1.44. The van der Waals surface area contributed by atoms with Gasteiger partial charge in [0.2, 0.25) is 0 Å². The van der Waals surface area contributed by atoms with Crippen LogP contribution < -0.4 is 5.14 Å². The molecule has 5 nitrogen and oxygen atoms in total. The van der Waals surface area contributed by atoms with Gasteiger partial charge >= 0.3 is 0 Å². The van der Waals surface area contributed by atoms with Gasteiger partial charge in [-0.15, -0.1) is 0 Å². The van der Waals surface area contributed by atoms with Gasteiger partial charge in [0, 0.05) is 19.2 Å². The van der Waals surface area contributed by atoms with Gasteiger partial charge in [-0.3, -0.25) is 0 Å². The highest BCUT2D eigenvalue weighted by Crippen LogP contribution is 2.02. The van der Waals surface area contributed by atoms with E-state index in [2.05, 4.69) is 0 Å². The summed E-state index contributed by atoms with van der Waals surface area (Å²) in [4.78, 5) is 0. The molecule has 0 radical (unpaired) electrons. The highest BCUT2D eigenvalue weighted by atomic mass is 32.2. The summed E-state index contributed by atoms with van der Waals surface area (Å²) in [5.41, 5.74) is 0. The van der Waals surface area contributed by atoms with Crippen LogP contribution in [0, 0.1) is 0 Å². The summed E-state index contributed by atoms with van der Waals surface area (Å²) in [6.07, 6.45) is 0.411. The molecule has 0 rings (SSSR count). The molecule has 0 saturated heterocycles. The van der Waals surface area contributed by atoms with E-state index in [1.807, 2.05) is 0 Å². The molecule has 0 fully saturated rings. The van der Waals surface area contributed by atoms with Gasteiger partial charge in [0.15, 0.2) is 0 Å². The minimum Gasteiger partial charge on any atom is -0.396 e. The third kappa shape index (κ3) is 4.01. The minimum atomic E-state index is -3.61. The molecule has 0 aliphatic heterocycles. The second-order valence-corrected chi connectivity index (χ2v) is 4.33. The first kappa shape index (κ1) is 11.8. The van der Waals surface area contributed by atoms with Crippen molar-refractivity contribution in [3.8, 4) is 0 Å². The molecule has 0 amide bonds. The summed E-state index contributed by atoms with van der Waals surface area (Å²) >= 11 is 0. The summed E-state index contributed by atoms with van der Waals surface area (Å²) < 4.78 is 23.0. The van der Waals surface area contributed by atoms with E-state index in [1.54, 1.807) is 13.8 Å². The first-order valence-corrected chi connectivity index (χ1v) is 5.30. The van der Waals surface area contributed by atoms with Gasteiger partial charge in [-0.2, -0.15) is 12.7 Å². The number of hydrogen-bond donors (Lipinski definition) is 2. The zero-order valence-electron chi connectivity index (χ0n) is 7.40. The van der Waals surface area contributed by atoms with Crippen LogP contribution in [0.1, 0.15) is 20.3 Å². The van der Waals surface area contributed by atoms with E-state index in [-0.39, 0.29) is 19.2 Å². The van der Waals surface area contributed by atoms with Crippen molar-refractivity contribution in [1.82, 2.24) is 4.31 Å². The van der Waals surface area contributed by atoms with Crippen molar-refractivity contribution >= 4 is 10.2 Å². The van der Waals surface area contributed by atoms with Crippen LogP contribution in [0.5, 0.6) is 0 Å². The van der Waals surface area contributed by atoms with Gasteiger partial charge in [0.05, 0.1) is 0 Å². The fraction of sp³-hybridized carbons (Fsp3) is 1.00. The molecule has 12 heavy (non-hydrogen) atoms. The van der Waals surface area contributed by atoms with Crippen molar-refractivity contribution in [2.24, 2.45) is 5.14 Å². The summed E-state index contributed by atoms with van der Waals surface area (Å²) in [6.45, 7) is 3.72. The molecular weight excluding hydrogens is 180 g/mol. The van der Waals surface area contributed by atoms with Gasteiger partial charge in [-0.25, -0.2) is 5.14 Å². The highest BCUT2D eigenvalue weighted by Gasteiger charge is 2.19. The van der Waals surface area contributed by atoms with Crippen LogP contribution in [-0.4, -0.2) is 37.0 Å². The van der Waals surface area contributed by atoms with Crippen LogP contribution in [0.3, 0.4) is 0 Å². The lowest BCUT2D eigenvalue weighted by Crippen LogP contribution is -2.42. The summed E-state index contributed by atoms with van der Waals surface area (Å²) in [6, 6.07) is -0.161. The van der Waals surface area contributed by atoms with Crippen molar-refractivity contribution in [2.75, 3.05) is 13.2 Å². The molecule has 0 atom stereocenters. The fourth-order valence-corrected chi connectivity index (χ4v) is 1.88. The maximum absolute atomic E-state index is 10.9. The Morgan fingerprint density at radius 2 is 2.00 bits per heavy atom. The number of nitrogens with zero attached hydrogens (tertiary/aromatic N) is 1. The van der Waals surface area contributed by atoms with Crippen LogP contribution in [0.2, 0.25) is 0 Å². The predicted molar refractivity (Wildman–Crippen MR) is 46.7 cm³/mol. The Bertz CT molecular complexity index is 213. The Morgan fingerprint density at radius 3 is 2.25 bits per heavy atom. The molecule has 0 unspecified atom stereocenters. The van der Waals surface area contributed by atoms with E-state index in [9.17, 15) is 8.42 Å². The molecule has 0 aliphatic rings. The number of rotatable bonds is 5. The number of hydrogen-bond acceptors (Lipinski definition) is 3. The van der Waals surface area contributed by atoms with E-state index in [1.165, 1.54) is 0 Å². The molecule has 0 aromatic heterocycles. The Morgan fingerprint density at radius 1 is 1.50 bits per heavy atom. The van der Waals surface area contributed by atoms with E-state index < -0.39 is 10.2 Å². The second kappa shape index (κ2) is 4.76.